The Morgan fingerprint density at radius 2 is 0.742 bits per heavy atom. The second-order valence-corrected chi connectivity index (χ2v) is 5.74. The van der Waals surface area contributed by atoms with E-state index in [-0.39, 0.29) is 55.3 Å². The molecule has 162 valence electrons. The topological polar surface area (TPSA) is 198 Å². The number of rotatable bonds is 3. The van der Waals surface area contributed by atoms with Gasteiger partial charge in [0.1, 0.15) is 0 Å². The Bertz CT molecular complexity index is 911. The molecule has 3 aromatic carbocycles. The van der Waals surface area contributed by atoms with Gasteiger partial charge in [-0.1, -0.05) is 36.4 Å². The van der Waals surface area contributed by atoms with Gasteiger partial charge in [0.05, 0.1) is 17.9 Å². The van der Waals surface area contributed by atoms with Crippen LogP contribution in [0.3, 0.4) is 0 Å². The number of nitrogen functional groups attached to an aromatic ring is 3. The zero-order valence-electron chi connectivity index (χ0n) is 15.9. The van der Waals surface area contributed by atoms with Crippen LogP contribution in [-0.4, -0.2) is 17.9 Å². The van der Waals surface area contributed by atoms with Gasteiger partial charge >= 0.3 is 38.6 Å². The number of carboxylic acid groups (broad SMARTS) is 3. The number of carboxylic acids is 3. The minimum Gasteiger partial charge on any atom is -0.545 e. The maximum Gasteiger partial charge on any atom is 3.00 e. The van der Waals surface area contributed by atoms with E-state index in [1.807, 2.05) is 0 Å². The molecular formula is C21H18N3O6Tb. The van der Waals surface area contributed by atoms with Crippen LogP contribution in [0.2, 0.25) is 0 Å². The molecule has 0 aromatic heterocycles. The first-order chi connectivity index (χ1) is 14.1. The number of carbonyl (C=O) groups excluding carboxylic acids is 3. The van der Waals surface area contributed by atoms with Gasteiger partial charge in [-0.25, -0.2) is 0 Å². The van der Waals surface area contributed by atoms with Gasteiger partial charge in [-0.3, -0.25) is 0 Å². The molecule has 0 fully saturated rings. The number of hydrogen-bond acceptors (Lipinski definition) is 9. The zero-order chi connectivity index (χ0) is 22.7. The van der Waals surface area contributed by atoms with Crippen LogP contribution in [0.25, 0.3) is 0 Å². The molecule has 0 heterocycles. The number of nitrogens with two attached hydrogens (primary N) is 3. The molecule has 0 saturated carbocycles. The van der Waals surface area contributed by atoms with Gasteiger partial charge in [-0.2, -0.15) is 0 Å². The fraction of sp³-hybridized carbons (Fsp3) is 0. The Kier molecular flexibility index (Phi) is 12.4. The minimum atomic E-state index is -1.20. The molecule has 0 bridgehead atoms. The zero-order valence-corrected chi connectivity index (χ0v) is 18.1. The summed E-state index contributed by atoms with van der Waals surface area (Å²) in [6.07, 6.45) is 0. The molecule has 0 aliphatic rings. The summed E-state index contributed by atoms with van der Waals surface area (Å²) in [5.41, 5.74) is 17.5. The summed E-state index contributed by atoms with van der Waals surface area (Å²) in [5, 5.41) is 30.6. The molecule has 0 spiro atoms. The maximum absolute atomic E-state index is 10.2. The van der Waals surface area contributed by atoms with Crippen molar-refractivity contribution in [2.24, 2.45) is 0 Å². The second-order valence-electron chi connectivity index (χ2n) is 5.74. The number of anilines is 3. The molecule has 0 aliphatic carbocycles. The van der Waals surface area contributed by atoms with E-state index in [1.165, 1.54) is 36.4 Å². The van der Waals surface area contributed by atoms with E-state index in [2.05, 4.69) is 0 Å². The molecule has 3 rings (SSSR count). The Labute approximate surface area is 208 Å². The first kappa shape index (κ1) is 27.8. The summed E-state index contributed by atoms with van der Waals surface area (Å²) in [6, 6.07) is 17.9. The summed E-state index contributed by atoms with van der Waals surface area (Å²) in [6.45, 7) is 0. The Morgan fingerprint density at radius 3 is 0.871 bits per heavy atom. The molecule has 10 heteroatoms. The molecule has 31 heavy (non-hydrogen) atoms. The third-order valence-corrected chi connectivity index (χ3v) is 3.37. The molecule has 0 atom stereocenters. The van der Waals surface area contributed by atoms with E-state index in [9.17, 15) is 29.7 Å². The molecule has 6 N–H and O–H groups in total. The van der Waals surface area contributed by atoms with Gasteiger partial charge in [0.25, 0.3) is 0 Å². The van der Waals surface area contributed by atoms with Gasteiger partial charge in [-0.05, 0) is 53.1 Å². The molecule has 0 aliphatic heterocycles. The molecule has 3 aromatic rings. The molecule has 9 nitrogen and oxygen atoms in total. The van der Waals surface area contributed by atoms with Crippen molar-refractivity contribution in [2.75, 3.05) is 17.2 Å². The number of aromatic carboxylic acids is 3. The molecule has 0 saturated heterocycles. The summed E-state index contributed by atoms with van der Waals surface area (Å²) in [4.78, 5) is 30.6. The molecule has 0 unspecified atom stereocenters. The summed E-state index contributed by atoms with van der Waals surface area (Å²) >= 11 is 0. The number of benzene rings is 3. The van der Waals surface area contributed by atoms with Crippen LogP contribution >= 0.6 is 0 Å². The van der Waals surface area contributed by atoms with Crippen molar-refractivity contribution in [1.29, 1.82) is 0 Å². The van der Waals surface area contributed by atoms with Crippen molar-refractivity contribution in [3.8, 4) is 0 Å². The minimum absolute atomic E-state index is 0. The summed E-state index contributed by atoms with van der Waals surface area (Å²) in [7, 11) is 0. The Balaban J connectivity index is 0.000000429. The van der Waals surface area contributed by atoms with Crippen LogP contribution in [0, 0.1) is 38.6 Å². The monoisotopic (exact) mass is 567 g/mol. The Morgan fingerprint density at radius 1 is 0.516 bits per heavy atom. The SMILES string of the molecule is Nc1cccc(C(=O)[O-])c1.Nc1cccc(C(=O)[O-])c1.Nc1cccc(C(=O)[O-])c1.[Tb+3]. The second kappa shape index (κ2) is 13.9. The molecule has 0 radical (unpaired) electrons. The summed E-state index contributed by atoms with van der Waals surface area (Å²) in [5.74, 6) is -3.60. The smallest absolute Gasteiger partial charge is 0.545 e. The van der Waals surface area contributed by atoms with Gasteiger partial charge in [0.2, 0.25) is 0 Å². The van der Waals surface area contributed by atoms with Crippen molar-refractivity contribution >= 4 is 35.0 Å². The van der Waals surface area contributed by atoms with Crippen molar-refractivity contribution in [3.05, 3.63) is 89.5 Å². The van der Waals surface area contributed by atoms with E-state index in [0.29, 0.717) is 17.1 Å². The van der Waals surface area contributed by atoms with Gasteiger partial charge in [-0.15, -0.1) is 0 Å². The van der Waals surface area contributed by atoms with Crippen LogP contribution in [0.4, 0.5) is 17.1 Å². The third kappa shape index (κ3) is 10.9. The summed E-state index contributed by atoms with van der Waals surface area (Å²) < 4.78 is 0. The predicted molar refractivity (Wildman–Crippen MR) is 106 cm³/mol. The van der Waals surface area contributed by atoms with E-state index >= 15 is 0 Å². The van der Waals surface area contributed by atoms with Crippen LogP contribution < -0.4 is 32.5 Å². The Hall–Kier alpha value is -3.24. The molecular weight excluding hydrogens is 549 g/mol. The van der Waals surface area contributed by atoms with E-state index < -0.39 is 17.9 Å². The average molecular weight is 567 g/mol. The molecule has 0 amide bonds. The predicted octanol–water partition coefficient (Wildman–Crippen LogP) is -1.10. The van der Waals surface area contributed by atoms with Crippen LogP contribution in [0.5, 0.6) is 0 Å². The maximum atomic E-state index is 10.2. The average Bonchev–Trinajstić information content (AvgIpc) is 2.69. The number of carbonyl (C=O) groups is 3. The first-order valence-corrected chi connectivity index (χ1v) is 8.30. The number of hydrogen-bond donors (Lipinski definition) is 3. The van der Waals surface area contributed by atoms with E-state index in [1.54, 1.807) is 36.4 Å². The van der Waals surface area contributed by atoms with Gasteiger partial charge in [0, 0.05) is 17.1 Å². The fourth-order valence-electron chi connectivity index (χ4n) is 2.00. The van der Waals surface area contributed by atoms with Crippen LogP contribution in [0.1, 0.15) is 31.1 Å². The van der Waals surface area contributed by atoms with Crippen molar-refractivity contribution < 1.29 is 68.3 Å². The van der Waals surface area contributed by atoms with E-state index in [0.717, 1.165) is 0 Å². The van der Waals surface area contributed by atoms with Crippen molar-refractivity contribution in [2.45, 2.75) is 0 Å². The first-order valence-electron chi connectivity index (χ1n) is 8.30. The third-order valence-electron chi connectivity index (χ3n) is 3.37. The largest absolute Gasteiger partial charge is 3.00 e. The van der Waals surface area contributed by atoms with Crippen molar-refractivity contribution in [1.82, 2.24) is 0 Å². The van der Waals surface area contributed by atoms with Gasteiger partial charge < -0.3 is 46.9 Å². The fourth-order valence-corrected chi connectivity index (χ4v) is 2.00. The van der Waals surface area contributed by atoms with Crippen LogP contribution in [0.15, 0.2) is 72.8 Å². The van der Waals surface area contributed by atoms with Crippen LogP contribution in [-0.2, 0) is 0 Å². The van der Waals surface area contributed by atoms with Gasteiger partial charge in [0.15, 0.2) is 0 Å². The standard InChI is InChI=1S/3C7H7NO2.Tb/c3*8-6-3-1-2-5(4-6)7(9)10;/h3*1-4H,8H2,(H,9,10);/q;;;+3/p-3. The quantitative estimate of drug-likeness (QED) is 0.329. The van der Waals surface area contributed by atoms with E-state index in [4.69, 9.17) is 17.2 Å². The normalized spacial score (nSPS) is 8.90. The van der Waals surface area contributed by atoms with Crippen molar-refractivity contribution in [3.63, 3.8) is 0 Å².